The van der Waals surface area contributed by atoms with E-state index in [-0.39, 0.29) is 5.56 Å². The van der Waals surface area contributed by atoms with Crippen LogP contribution in [0, 0.1) is 0 Å². The molecule has 2 aromatic rings. The maximum atomic E-state index is 12.4. The Labute approximate surface area is 139 Å². The zero-order valence-electron chi connectivity index (χ0n) is 12.6. The second-order valence-corrected chi connectivity index (χ2v) is 6.98. The van der Waals surface area contributed by atoms with Crippen molar-refractivity contribution in [3.8, 4) is 0 Å². The molecule has 0 saturated heterocycles. The summed E-state index contributed by atoms with van der Waals surface area (Å²) in [5.74, 6) is 0. The summed E-state index contributed by atoms with van der Waals surface area (Å²) >= 11 is 7.63. The molecule has 3 rings (SSSR count). The number of fused-ring (bicyclic) bond motifs is 1. The minimum Gasteiger partial charge on any atom is -0.318 e. The lowest BCUT2D eigenvalue weighted by Gasteiger charge is -2.22. The number of anilines is 2. The Morgan fingerprint density at radius 3 is 2.64 bits per heavy atom. The molecule has 0 saturated carbocycles. The highest BCUT2D eigenvalue weighted by molar-refractivity contribution is 7.15. The number of hydrogen-bond acceptors (Lipinski definition) is 4. The zero-order chi connectivity index (χ0) is 15.5. The minimum atomic E-state index is -0.0435. The van der Waals surface area contributed by atoms with Gasteiger partial charge in [0.25, 0.3) is 5.56 Å². The van der Waals surface area contributed by atoms with Crippen LogP contribution in [0.2, 0.25) is 5.02 Å². The number of rotatable bonds is 3. The molecule has 1 aliphatic rings. The summed E-state index contributed by atoms with van der Waals surface area (Å²) in [6.45, 7) is 2.84. The summed E-state index contributed by atoms with van der Waals surface area (Å²) in [5, 5.41) is 1.50. The van der Waals surface area contributed by atoms with Gasteiger partial charge in [-0.25, -0.2) is 0 Å². The summed E-state index contributed by atoms with van der Waals surface area (Å²) in [4.78, 5) is 20.0. The fourth-order valence-electron chi connectivity index (χ4n) is 2.85. The summed E-state index contributed by atoms with van der Waals surface area (Å²) in [7, 11) is 0. The van der Waals surface area contributed by atoms with Gasteiger partial charge in [-0.05, 0) is 56.9 Å². The first-order valence-corrected chi connectivity index (χ1v) is 8.94. The van der Waals surface area contributed by atoms with Crippen molar-refractivity contribution in [2.75, 3.05) is 11.4 Å². The van der Waals surface area contributed by atoms with Gasteiger partial charge in [0, 0.05) is 27.7 Å². The molecule has 0 unspecified atom stereocenters. The predicted molar refractivity (Wildman–Crippen MR) is 93.8 cm³/mol. The van der Waals surface area contributed by atoms with Gasteiger partial charge < -0.3 is 4.90 Å². The van der Waals surface area contributed by atoms with Gasteiger partial charge in [0.1, 0.15) is 0 Å². The van der Waals surface area contributed by atoms with E-state index in [0.29, 0.717) is 5.02 Å². The van der Waals surface area contributed by atoms with E-state index in [1.54, 1.807) is 11.3 Å². The molecule has 0 N–H and O–H groups in total. The number of benzene rings is 1. The van der Waals surface area contributed by atoms with Crippen molar-refractivity contribution >= 4 is 33.8 Å². The average molecular weight is 335 g/mol. The average Bonchev–Trinajstić information content (AvgIpc) is 2.76. The lowest BCUT2D eigenvalue weighted by molar-refractivity contribution is 0.712. The molecule has 22 heavy (non-hydrogen) atoms. The minimum absolute atomic E-state index is 0.0435. The molecule has 116 valence electrons. The van der Waals surface area contributed by atoms with Crippen LogP contribution >= 0.6 is 22.9 Å². The van der Waals surface area contributed by atoms with Crippen molar-refractivity contribution in [2.45, 2.75) is 39.0 Å². The van der Waals surface area contributed by atoms with Gasteiger partial charge in [0.2, 0.25) is 0 Å². The van der Waals surface area contributed by atoms with Crippen LogP contribution in [0.3, 0.4) is 0 Å². The molecular formula is C17H19ClN2OS. The van der Waals surface area contributed by atoms with Crippen LogP contribution in [0.5, 0.6) is 0 Å². The third-order valence-corrected chi connectivity index (χ3v) is 5.47. The highest BCUT2D eigenvalue weighted by Crippen LogP contribution is 2.31. The standard InChI is InChI=1S/C17H19ClN2OS/c1-2-20(13-10-8-12(18)9-11-13)17-19-16(21)14-6-4-3-5-7-15(14)22-17/h8-11H,2-7H2,1H3. The molecule has 0 spiro atoms. The fraction of sp³-hybridized carbons (Fsp3) is 0.412. The molecule has 0 radical (unpaired) electrons. The quantitative estimate of drug-likeness (QED) is 0.770. The molecule has 0 fully saturated rings. The van der Waals surface area contributed by atoms with Gasteiger partial charge in [-0.3, -0.25) is 4.79 Å². The van der Waals surface area contributed by atoms with Gasteiger partial charge in [-0.2, -0.15) is 4.98 Å². The third-order valence-electron chi connectivity index (χ3n) is 4.02. The van der Waals surface area contributed by atoms with Crippen LogP contribution in [0.25, 0.3) is 0 Å². The van der Waals surface area contributed by atoms with Gasteiger partial charge in [-0.15, -0.1) is 11.3 Å². The summed E-state index contributed by atoms with van der Waals surface area (Å²) in [6.07, 6.45) is 5.35. The molecule has 1 aliphatic carbocycles. The van der Waals surface area contributed by atoms with Crippen molar-refractivity contribution in [1.29, 1.82) is 0 Å². The molecule has 0 bridgehead atoms. The smallest absolute Gasteiger partial charge is 0.276 e. The predicted octanol–water partition coefficient (Wildman–Crippen LogP) is 4.58. The molecular weight excluding hydrogens is 316 g/mol. The monoisotopic (exact) mass is 334 g/mol. The largest absolute Gasteiger partial charge is 0.318 e. The number of halogens is 1. The molecule has 0 amide bonds. The number of aromatic nitrogens is 1. The lowest BCUT2D eigenvalue weighted by atomic mass is 10.2. The van der Waals surface area contributed by atoms with Crippen LogP contribution in [0.15, 0.2) is 29.1 Å². The Balaban J connectivity index is 2.02. The fourth-order valence-corrected chi connectivity index (χ4v) is 4.22. The van der Waals surface area contributed by atoms with Crippen LogP contribution in [0.1, 0.15) is 36.6 Å². The Morgan fingerprint density at radius 2 is 1.91 bits per heavy atom. The highest BCUT2D eigenvalue weighted by atomic mass is 35.5. The summed E-state index contributed by atoms with van der Waals surface area (Å²) < 4.78 is 0. The maximum absolute atomic E-state index is 12.4. The first-order valence-electron chi connectivity index (χ1n) is 7.75. The van der Waals surface area contributed by atoms with Gasteiger partial charge in [0.05, 0.1) is 0 Å². The Hall–Kier alpha value is -1.39. The molecule has 3 nitrogen and oxygen atoms in total. The molecule has 1 heterocycles. The van der Waals surface area contributed by atoms with E-state index in [1.165, 1.54) is 17.7 Å². The van der Waals surface area contributed by atoms with Crippen molar-refractivity contribution in [1.82, 2.24) is 4.98 Å². The first-order chi connectivity index (χ1) is 10.7. The van der Waals surface area contributed by atoms with E-state index in [2.05, 4.69) is 16.8 Å². The van der Waals surface area contributed by atoms with Gasteiger partial charge in [0.15, 0.2) is 5.13 Å². The maximum Gasteiger partial charge on any atom is 0.276 e. The first kappa shape index (κ1) is 15.5. The van der Waals surface area contributed by atoms with Crippen molar-refractivity contribution in [3.05, 3.63) is 50.1 Å². The summed E-state index contributed by atoms with van der Waals surface area (Å²) in [5.41, 5.74) is 1.92. The van der Waals surface area contributed by atoms with Crippen molar-refractivity contribution < 1.29 is 0 Å². The normalized spacial score (nSPS) is 14.3. The molecule has 1 aromatic carbocycles. The van der Waals surface area contributed by atoms with Crippen LogP contribution in [0.4, 0.5) is 10.8 Å². The molecule has 0 atom stereocenters. The topological polar surface area (TPSA) is 33.2 Å². The Bertz CT molecular complexity index is 712. The lowest BCUT2D eigenvalue weighted by Crippen LogP contribution is -2.22. The van der Waals surface area contributed by atoms with E-state index < -0.39 is 0 Å². The van der Waals surface area contributed by atoms with Gasteiger partial charge >= 0.3 is 0 Å². The Morgan fingerprint density at radius 1 is 1.18 bits per heavy atom. The number of nitrogens with zero attached hydrogens (tertiary/aromatic N) is 2. The molecule has 1 aromatic heterocycles. The molecule has 0 aliphatic heterocycles. The number of hydrogen-bond donors (Lipinski definition) is 0. The van der Waals surface area contributed by atoms with Crippen LogP contribution < -0.4 is 10.5 Å². The molecule has 5 heteroatoms. The Kier molecular flexibility index (Phi) is 4.79. The SMILES string of the molecule is CCN(c1ccc(Cl)cc1)c1nc(=O)c2c(s1)CCCCC2. The van der Waals surface area contributed by atoms with Gasteiger partial charge in [-0.1, -0.05) is 18.0 Å². The van der Waals surface area contributed by atoms with Crippen molar-refractivity contribution in [2.24, 2.45) is 0 Å². The van der Waals surface area contributed by atoms with Crippen molar-refractivity contribution in [3.63, 3.8) is 0 Å². The summed E-state index contributed by atoms with van der Waals surface area (Å²) in [6, 6.07) is 7.67. The van der Waals surface area contributed by atoms with E-state index >= 15 is 0 Å². The second-order valence-electron chi connectivity index (χ2n) is 5.48. The number of aryl methyl sites for hydroxylation is 1. The third kappa shape index (κ3) is 3.18. The van der Waals surface area contributed by atoms with E-state index in [0.717, 1.165) is 42.2 Å². The zero-order valence-corrected chi connectivity index (χ0v) is 14.2. The second kappa shape index (κ2) is 6.80. The van der Waals surface area contributed by atoms with Crippen LogP contribution in [-0.2, 0) is 12.8 Å². The van der Waals surface area contributed by atoms with E-state index in [9.17, 15) is 4.79 Å². The highest BCUT2D eigenvalue weighted by Gasteiger charge is 2.18. The van der Waals surface area contributed by atoms with E-state index in [1.807, 2.05) is 24.3 Å². The van der Waals surface area contributed by atoms with E-state index in [4.69, 9.17) is 11.6 Å². The van der Waals surface area contributed by atoms with Crippen LogP contribution in [-0.4, -0.2) is 11.5 Å².